The number of hydrogen-bond donors (Lipinski definition) is 2. The number of rotatable bonds is 5. The number of nitrogens with one attached hydrogen (secondary N) is 2. The number of nitrogens with zero attached hydrogens (tertiary/aromatic N) is 4. The summed E-state index contributed by atoms with van der Waals surface area (Å²) in [5.74, 6) is -0.0394. The number of anilines is 1. The Labute approximate surface area is 137 Å². The number of ether oxygens (including phenoxy) is 2. The van der Waals surface area contributed by atoms with Gasteiger partial charge in [0.2, 0.25) is 5.95 Å². The Morgan fingerprint density at radius 2 is 1.78 bits per heavy atom. The Kier molecular flexibility index (Phi) is 5.18. The van der Waals surface area contributed by atoms with Gasteiger partial charge in [-0.3, -0.25) is 4.72 Å². The topological polar surface area (TPSA) is 128 Å². The van der Waals surface area contributed by atoms with Gasteiger partial charge in [-0.1, -0.05) is 6.07 Å². The number of hydrogen-bond acceptors (Lipinski definition) is 9. The van der Waals surface area contributed by atoms with Crippen molar-refractivity contribution < 1.29 is 17.9 Å². The maximum absolute atomic E-state index is 12.1. The van der Waals surface area contributed by atoms with Crippen LogP contribution in [-0.2, 0) is 10.0 Å². The lowest BCUT2D eigenvalue weighted by Crippen LogP contribution is -2.35. The third kappa shape index (κ3) is 4.43. The fourth-order valence-corrected chi connectivity index (χ4v) is 2.66. The smallest absolute Gasteiger partial charge is 0.324 e. The number of thiocarbonyl (C=S) groups is 1. The van der Waals surface area contributed by atoms with E-state index in [4.69, 9.17) is 21.7 Å². The predicted molar refractivity (Wildman–Crippen MR) is 83.7 cm³/mol. The summed E-state index contributed by atoms with van der Waals surface area (Å²) in [6, 6.07) is 4.43. The van der Waals surface area contributed by atoms with Crippen LogP contribution >= 0.6 is 12.2 Å². The summed E-state index contributed by atoms with van der Waals surface area (Å²) in [5, 5.41) is 2.09. The number of methoxy groups -OCH3 is 2. The Hall–Kier alpha value is -2.60. The maximum Gasteiger partial charge on any atom is 0.324 e. The van der Waals surface area contributed by atoms with Crippen molar-refractivity contribution in [3.63, 3.8) is 0 Å². The minimum Gasteiger partial charge on any atom is -0.467 e. The summed E-state index contributed by atoms with van der Waals surface area (Å²) in [4.78, 5) is 15.3. The average molecular weight is 356 g/mol. The van der Waals surface area contributed by atoms with Crippen molar-refractivity contribution in [3.05, 3.63) is 24.4 Å². The van der Waals surface area contributed by atoms with E-state index in [1.807, 2.05) is 0 Å². The van der Waals surface area contributed by atoms with Crippen LogP contribution in [0.3, 0.4) is 0 Å². The van der Waals surface area contributed by atoms with Gasteiger partial charge in [-0.2, -0.15) is 18.4 Å². The second-order valence-corrected chi connectivity index (χ2v) is 5.90. The molecule has 12 heteroatoms. The monoisotopic (exact) mass is 356 g/mol. The molecule has 122 valence electrons. The van der Waals surface area contributed by atoms with E-state index in [1.54, 1.807) is 12.1 Å². The first kappa shape index (κ1) is 16.8. The normalized spacial score (nSPS) is 10.7. The van der Waals surface area contributed by atoms with Crippen molar-refractivity contribution in [3.8, 4) is 12.0 Å². The van der Waals surface area contributed by atoms with E-state index in [0.717, 1.165) is 0 Å². The summed E-state index contributed by atoms with van der Waals surface area (Å²) in [6.07, 6.45) is 1.35. The third-order valence-corrected chi connectivity index (χ3v) is 3.92. The molecule has 2 N–H and O–H groups in total. The van der Waals surface area contributed by atoms with E-state index < -0.39 is 10.0 Å². The minimum absolute atomic E-state index is 0.0188. The van der Waals surface area contributed by atoms with Gasteiger partial charge >= 0.3 is 12.0 Å². The largest absolute Gasteiger partial charge is 0.467 e. The van der Waals surface area contributed by atoms with Crippen molar-refractivity contribution in [2.45, 2.75) is 5.03 Å². The number of aromatic nitrogens is 4. The molecule has 0 saturated carbocycles. The first-order chi connectivity index (χ1) is 10.9. The van der Waals surface area contributed by atoms with Crippen molar-refractivity contribution in [1.82, 2.24) is 24.7 Å². The van der Waals surface area contributed by atoms with Crippen molar-refractivity contribution in [2.75, 3.05) is 19.5 Å². The van der Waals surface area contributed by atoms with Gasteiger partial charge in [0.25, 0.3) is 10.0 Å². The van der Waals surface area contributed by atoms with Gasteiger partial charge in [0.15, 0.2) is 10.1 Å². The van der Waals surface area contributed by atoms with Crippen LogP contribution < -0.4 is 19.5 Å². The molecule has 0 fully saturated rings. The summed E-state index contributed by atoms with van der Waals surface area (Å²) in [7, 11) is -1.19. The molecule has 23 heavy (non-hydrogen) atoms. The summed E-state index contributed by atoms with van der Waals surface area (Å²) in [6.45, 7) is 0. The van der Waals surface area contributed by atoms with Crippen LogP contribution in [0.1, 0.15) is 0 Å². The molecule has 0 bridgehead atoms. The standard InChI is InChI=1S/C11H12N6O4S2/c1-20-9-13-8(14-10(16-9)21-2)15-11(22)17-23(18,19)7-5-3-4-6-12-7/h3-6H,1-2H3,(H2,13,14,15,16,17,22). The van der Waals surface area contributed by atoms with Gasteiger partial charge in [0.05, 0.1) is 14.2 Å². The highest BCUT2D eigenvalue weighted by molar-refractivity contribution is 7.91. The van der Waals surface area contributed by atoms with Gasteiger partial charge in [-0.05, 0) is 24.4 Å². The van der Waals surface area contributed by atoms with Gasteiger partial charge < -0.3 is 14.8 Å². The van der Waals surface area contributed by atoms with E-state index in [-0.39, 0.29) is 28.1 Å². The molecule has 2 aromatic heterocycles. The van der Waals surface area contributed by atoms with Gasteiger partial charge in [0, 0.05) is 6.20 Å². The van der Waals surface area contributed by atoms with E-state index in [1.165, 1.54) is 26.5 Å². The first-order valence-corrected chi connectivity index (χ1v) is 7.92. The molecule has 2 heterocycles. The second-order valence-electron chi connectivity index (χ2n) is 3.86. The molecule has 0 aromatic carbocycles. The molecule has 2 aromatic rings. The highest BCUT2D eigenvalue weighted by atomic mass is 32.2. The van der Waals surface area contributed by atoms with Crippen molar-refractivity contribution in [2.24, 2.45) is 0 Å². The van der Waals surface area contributed by atoms with Crippen LogP contribution in [0.15, 0.2) is 29.4 Å². The summed E-state index contributed by atoms with van der Waals surface area (Å²) < 4.78 is 36.0. The van der Waals surface area contributed by atoms with Gasteiger partial charge in [-0.15, -0.1) is 4.98 Å². The Balaban J connectivity index is 2.14. The molecule has 0 aliphatic rings. The molecule has 0 unspecified atom stereocenters. The van der Waals surface area contributed by atoms with E-state index in [9.17, 15) is 8.42 Å². The molecular weight excluding hydrogens is 344 g/mol. The molecule has 10 nitrogen and oxygen atoms in total. The highest BCUT2D eigenvalue weighted by Crippen LogP contribution is 2.12. The average Bonchev–Trinajstić information content (AvgIpc) is 2.54. The zero-order chi connectivity index (χ0) is 16.9. The van der Waals surface area contributed by atoms with Crippen molar-refractivity contribution >= 4 is 33.3 Å². The Bertz CT molecular complexity index is 777. The van der Waals surface area contributed by atoms with E-state index in [2.05, 4.69) is 30.0 Å². The fraction of sp³-hybridized carbons (Fsp3) is 0.182. The zero-order valence-corrected chi connectivity index (χ0v) is 13.7. The number of pyridine rings is 1. The molecule has 0 aliphatic heterocycles. The molecule has 0 radical (unpaired) electrons. The second kappa shape index (κ2) is 7.11. The molecule has 0 amide bonds. The predicted octanol–water partition coefficient (Wildman–Crippen LogP) is -0.0409. The Morgan fingerprint density at radius 3 is 2.30 bits per heavy atom. The quantitative estimate of drug-likeness (QED) is 0.704. The molecule has 0 saturated heterocycles. The highest BCUT2D eigenvalue weighted by Gasteiger charge is 2.17. The van der Waals surface area contributed by atoms with Crippen LogP contribution in [0.2, 0.25) is 0 Å². The molecular formula is C11H12N6O4S2. The molecule has 0 atom stereocenters. The van der Waals surface area contributed by atoms with E-state index in [0.29, 0.717) is 0 Å². The summed E-state index contributed by atoms with van der Waals surface area (Å²) in [5.41, 5.74) is 0. The lowest BCUT2D eigenvalue weighted by atomic mass is 10.5. The zero-order valence-electron chi connectivity index (χ0n) is 12.0. The van der Waals surface area contributed by atoms with Crippen LogP contribution in [0.25, 0.3) is 0 Å². The fourth-order valence-electron chi connectivity index (χ4n) is 1.38. The van der Waals surface area contributed by atoms with Crippen LogP contribution in [0.5, 0.6) is 12.0 Å². The molecule has 0 spiro atoms. The minimum atomic E-state index is -3.91. The van der Waals surface area contributed by atoms with Crippen LogP contribution in [0, 0.1) is 0 Å². The van der Waals surface area contributed by atoms with Crippen LogP contribution in [0.4, 0.5) is 5.95 Å². The van der Waals surface area contributed by atoms with Crippen LogP contribution in [-0.4, -0.2) is 47.7 Å². The van der Waals surface area contributed by atoms with Crippen molar-refractivity contribution in [1.29, 1.82) is 0 Å². The Morgan fingerprint density at radius 1 is 1.13 bits per heavy atom. The van der Waals surface area contributed by atoms with Gasteiger partial charge in [-0.25, -0.2) is 4.98 Å². The SMILES string of the molecule is COc1nc(NC(=S)NS(=O)(=O)c2ccccn2)nc(OC)n1. The lowest BCUT2D eigenvalue weighted by molar-refractivity contribution is 0.341. The maximum atomic E-state index is 12.1. The summed E-state index contributed by atoms with van der Waals surface area (Å²) >= 11 is 4.93. The molecule has 2 rings (SSSR count). The molecule has 0 aliphatic carbocycles. The first-order valence-electron chi connectivity index (χ1n) is 6.03. The third-order valence-electron chi connectivity index (χ3n) is 2.33. The van der Waals surface area contributed by atoms with E-state index >= 15 is 0 Å². The lowest BCUT2D eigenvalue weighted by Gasteiger charge is -2.10. The number of sulfonamides is 1. The van der Waals surface area contributed by atoms with Gasteiger partial charge in [0.1, 0.15) is 0 Å².